The fraction of sp³-hybridized carbons (Fsp3) is 0.133. The van der Waals surface area contributed by atoms with Crippen LogP contribution >= 0.6 is 0 Å². The molecule has 0 radical (unpaired) electrons. The lowest BCUT2D eigenvalue weighted by Crippen LogP contribution is -1.98. The number of para-hydroxylation sites is 1. The SMILES string of the molecule is Cc1ccc(COc2ccccc2C=NN)cc1. The zero-order valence-electron chi connectivity index (χ0n) is 10.3. The van der Waals surface area contributed by atoms with Crippen LogP contribution < -0.4 is 10.6 Å². The quantitative estimate of drug-likeness (QED) is 0.507. The van der Waals surface area contributed by atoms with Gasteiger partial charge in [0, 0.05) is 5.56 Å². The molecule has 0 aromatic heterocycles. The Hall–Kier alpha value is -2.29. The summed E-state index contributed by atoms with van der Waals surface area (Å²) in [6, 6.07) is 16.0. The number of hydrazone groups is 1. The summed E-state index contributed by atoms with van der Waals surface area (Å²) in [4.78, 5) is 0. The van der Waals surface area contributed by atoms with Crippen LogP contribution in [0.25, 0.3) is 0 Å². The Morgan fingerprint density at radius 3 is 2.56 bits per heavy atom. The number of ether oxygens (including phenoxy) is 1. The Balaban J connectivity index is 2.08. The molecule has 3 heteroatoms. The highest BCUT2D eigenvalue weighted by molar-refractivity contribution is 5.83. The van der Waals surface area contributed by atoms with Gasteiger partial charge in [-0.15, -0.1) is 0 Å². The van der Waals surface area contributed by atoms with Crippen molar-refractivity contribution in [2.24, 2.45) is 10.9 Å². The van der Waals surface area contributed by atoms with Crippen LogP contribution in [0.15, 0.2) is 53.6 Å². The highest BCUT2D eigenvalue weighted by atomic mass is 16.5. The third-order valence-corrected chi connectivity index (χ3v) is 2.65. The fourth-order valence-corrected chi connectivity index (χ4v) is 1.64. The maximum absolute atomic E-state index is 5.77. The van der Waals surface area contributed by atoms with Crippen molar-refractivity contribution in [3.8, 4) is 5.75 Å². The average molecular weight is 240 g/mol. The van der Waals surface area contributed by atoms with Gasteiger partial charge < -0.3 is 10.6 Å². The Morgan fingerprint density at radius 1 is 1.11 bits per heavy atom. The number of nitrogens with two attached hydrogens (primary N) is 1. The van der Waals surface area contributed by atoms with Crippen LogP contribution in [0, 0.1) is 6.92 Å². The third-order valence-electron chi connectivity index (χ3n) is 2.65. The summed E-state index contributed by atoms with van der Waals surface area (Å²) < 4.78 is 5.77. The van der Waals surface area contributed by atoms with E-state index in [1.54, 1.807) is 6.21 Å². The minimum atomic E-state index is 0.537. The normalized spacial score (nSPS) is 10.7. The molecule has 0 amide bonds. The molecule has 0 unspecified atom stereocenters. The average Bonchev–Trinajstić information content (AvgIpc) is 2.40. The fourth-order valence-electron chi connectivity index (χ4n) is 1.64. The van der Waals surface area contributed by atoms with Crippen molar-refractivity contribution < 1.29 is 4.74 Å². The van der Waals surface area contributed by atoms with Crippen molar-refractivity contribution in [2.75, 3.05) is 0 Å². The molecule has 0 heterocycles. The molecule has 92 valence electrons. The molecule has 0 saturated heterocycles. The van der Waals surface area contributed by atoms with E-state index >= 15 is 0 Å². The number of hydrogen-bond acceptors (Lipinski definition) is 3. The predicted molar refractivity (Wildman–Crippen MR) is 73.7 cm³/mol. The molecular formula is C15H16N2O. The maximum Gasteiger partial charge on any atom is 0.128 e. The first kappa shape index (κ1) is 12.2. The van der Waals surface area contributed by atoms with E-state index in [1.165, 1.54) is 5.56 Å². The van der Waals surface area contributed by atoms with Crippen molar-refractivity contribution in [3.05, 3.63) is 65.2 Å². The van der Waals surface area contributed by atoms with Gasteiger partial charge in [0.15, 0.2) is 0 Å². The first-order chi connectivity index (χ1) is 8.79. The topological polar surface area (TPSA) is 47.6 Å². The molecule has 18 heavy (non-hydrogen) atoms. The lowest BCUT2D eigenvalue weighted by molar-refractivity contribution is 0.306. The summed E-state index contributed by atoms with van der Waals surface area (Å²) in [7, 11) is 0. The number of aryl methyl sites for hydroxylation is 1. The molecule has 0 spiro atoms. The second kappa shape index (κ2) is 5.87. The van der Waals surface area contributed by atoms with Crippen LogP contribution in [0.3, 0.4) is 0 Å². The zero-order chi connectivity index (χ0) is 12.8. The Morgan fingerprint density at radius 2 is 1.83 bits per heavy atom. The van der Waals surface area contributed by atoms with Crippen molar-refractivity contribution >= 4 is 6.21 Å². The van der Waals surface area contributed by atoms with Crippen LogP contribution in [0.1, 0.15) is 16.7 Å². The molecule has 0 aliphatic heterocycles. The van der Waals surface area contributed by atoms with E-state index in [0.29, 0.717) is 6.61 Å². The van der Waals surface area contributed by atoms with E-state index < -0.39 is 0 Å². The summed E-state index contributed by atoms with van der Waals surface area (Å²) in [5.74, 6) is 5.95. The van der Waals surface area contributed by atoms with E-state index in [0.717, 1.165) is 16.9 Å². The molecule has 0 aliphatic rings. The van der Waals surface area contributed by atoms with E-state index in [2.05, 4.69) is 36.3 Å². The van der Waals surface area contributed by atoms with Crippen LogP contribution in [0.5, 0.6) is 5.75 Å². The monoisotopic (exact) mass is 240 g/mol. The van der Waals surface area contributed by atoms with Crippen LogP contribution in [0.4, 0.5) is 0 Å². The molecule has 0 atom stereocenters. The van der Waals surface area contributed by atoms with E-state index in [4.69, 9.17) is 10.6 Å². The number of rotatable bonds is 4. The largest absolute Gasteiger partial charge is 0.488 e. The van der Waals surface area contributed by atoms with Gasteiger partial charge in [-0.2, -0.15) is 5.10 Å². The molecule has 2 aromatic carbocycles. The van der Waals surface area contributed by atoms with Gasteiger partial charge in [-0.3, -0.25) is 0 Å². The summed E-state index contributed by atoms with van der Waals surface area (Å²) >= 11 is 0. The molecule has 0 bridgehead atoms. The minimum Gasteiger partial charge on any atom is -0.488 e. The smallest absolute Gasteiger partial charge is 0.128 e. The van der Waals surface area contributed by atoms with E-state index in [9.17, 15) is 0 Å². The van der Waals surface area contributed by atoms with Gasteiger partial charge in [-0.25, -0.2) is 0 Å². The predicted octanol–water partition coefficient (Wildman–Crippen LogP) is 2.87. The van der Waals surface area contributed by atoms with Gasteiger partial charge in [0.1, 0.15) is 12.4 Å². The van der Waals surface area contributed by atoms with Crippen LogP contribution in [0.2, 0.25) is 0 Å². The highest BCUT2D eigenvalue weighted by Crippen LogP contribution is 2.17. The summed E-state index contributed by atoms with van der Waals surface area (Å²) in [5, 5.41) is 3.53. The summed E-state index contributed by atoms with van der Waals surface area (Å²) in [5.41, 5.74) is 3.27. The number of hydrogen-bond donors (Lipinski definition) is 1. The molecule has 2 rings (SSSR count). The van der Waals surface area contributed by atoms with Gasteiger partial charge in [0.25, 0.3) is 0 Å². The van der Waals surface area contributed by atoms with Crippen LogP contribution in [-0.4, -0.2) is 6.21 Å². The van der Waals surface area contributed by atoms with E-state index in [-0.39, 0.29) is 0 Å². The number of benzene rings is 2. The van der Waals surface area contributed by atoms with Crippen molar-refractivity contribution in [1.29, 1.82) is 0 Å². The first-order valence-corrected chi connectivity index (χ1v) is 5.80. The molecule has 2 N–H and O–H groups in total. The van der Waals surface area contributed by atoms with Gasteiger partial charge >= 0.3 is 0 Å². The Bertz CT molecular complexity index is 532. The minimum absolute atomic E-state index is 0.537. The van der Waals surface area contributed by atoms with E-state index in [1.807, 2.05) is 24.3 Å². The molecular weight excluding hydrogens is 224 g/mol. The first-order valence-electron chi connectivity index (χ1n) is 5.80. The standard InChI is InChI=1S/C15H16N2O/c1-12-6-8-13(9-7-12)11-18-15-5-3-2-4-14(15)10-17-16/h2-10H,11,16H2,1H3. The third kappa shape index (κ3) is 3.10. The molecule has 0 aliphatic carbocycles. The highest BCUT2D eigenvalue weighted by Gasteiger charge is 2.01. The van der Waals surface area contributed by atoms with Gasteiger partial charge in [-0.05, 0) is 24.6 Å². The number of nitrogens with zero attached hydrogens (tertiary/aromatic N) is 1. The van der Waals surface area contributed by atoms with Crippen molar-refractivity contribution in [1.82, 2.24) is 0 Å². The summed E-state index contributed by atoms with van der Waals surface area (Å²) in [6.45, 7) is 2.60. The lowest BCUT2D eigenvalue weighted by Gasteiger charge is -2.09. The second-order valence-corrected chi connectivity index (χ2v) is 4.09. The molecule has 0 saturated carbocycles. The van der Waals surface area contributed by atoms with Crippen molar-refractivity contribution in [3.63, 3.8) is 0 Å². The molecule has 3 nitrogen and oxygen atoms in total. The zero-order valence-corrected chi connectivity index (χ0v) is 10.3. The molecule has 0 fully saturated rings. The lowest BCUT2D eigenvalue weighted by atomic mass is 10.1. The summed E-state index contributed by atoms with van der Waals surface area (Å²) in [6.07, 6.45) is 1.59. The van der Waals surface area contributed by atoms with Gasteiger partial charge in [-0.1, -0.05) is 42.0 Å². The van der Waals surface area contributed by atoms with Crippen LogP contribution in [-0.2, 0) is 6.61 Å². The Labute approximate surface area is 107 Å². The maximum atomic E-state index is 5.77. The second-order valence-electron chi connectivity index (χ2n) is 4.09. The molecule has 2 aromatic rings. The van der Waals surface area contributed by atoms with Gasteiger partial charge in [0.2, 0.25) is 0 Å². The van der Waals surface area contributed by atoms with Crippen molar-refractivity contribution in [2.45, 2.75) is 13.5 Å². The Kier molecular flexibility index (Phi) is 3.97. The van der Waals surface area contributed by atoms with Gasteiger partial charge in [0.05, 0.1) is 6.21 Å².